The average Bonchev–Trinajstić information content (AvgIpc) is 3.49. The Balaban J connectivity index is 1.28. The molecule has 3 aliphatic heterocycles. The Bertz CT molecular complexity index is 2480. The minimum Gasteiger partial charge on any atom is -0.495 e. The van der Waals surface area contributed by atoms with Crippen LogP contribution in [0.1, 0.15) is 67.3 Å². The summed E-state index contributed by atoms with van der Waals surface area (Å²) in [7, 11) is 1.64. The number of rotatable bonds is 9. The van der Waals surface area contributed by atoms with E-state index in [-0.39, 0.29) is 17.8 Å². The predicted octanol–water partition coefficient (Wildman–Crippen LogP) is 9.39. The number of carboxylic acids is 2. The fourth-order valence-electron chi connectivity index (χ4n) is 9.91. The number of allylic oxidation sites excluding steroid dienone is 1. The van der Waals surface area contributed by atoms with E-state index in [4.69, 9.17) is 14.2 Å². The molecule has 0 bridgehead atoms. The lowest BCUT2D eigenvalue weighted by Crippen LogP contribution is -2.37. The second-order valence-electron chi connectivity index (χ2n) is 16.2. The lowest BCUT2D eigenvalue weighted by Gasteiger charge is -2.40. The summed E-state index contributed by atoms with van der Waals surface area (Å²) in [6, 6.07) is 31.8. The van der Waals surface area contributed by atoms with E-state index in [1.165, 1.54) is 17.2 Å². The number of morpholine rings is 1. The molecule has 2 saturated heterocycles. The van der Waals surface area contributed by atoms with Crippen molar-refractivity contribution in [3.8, 4) is 22.6 Å². The highest BCUT2D eigenvalue weighted by atomic mass is 16.5. The number of methoxy groups -OCH3 is 1. The van der Waals surface area contributed by atoms with Gasteiger partial charge in [-0.3, -0.25) is 4.79 Å². The molecule has 9 heteroatoms. The first-order chi connectivity index (χ1) is 28.1. The van der Waals surface area contributed by atoms with E-state index in [1.54, 1.807) is 7.11 Å². The van der Waals surface area contributed by atoms with E-state index in [1.807, 2.05) is 29.2 Å². The molecule has 2 N–H and O–H groups in total. The molecule has 2 fully saturated rings. The molecule has 1 aliphatic carbocycles. The van der Waals surface area contributed by atoms with E-state index in [0.717, 1.165) is 75.2 Å². The number of piperidine rings is 1. The number of nitrogens with zero attached hydrogens (tertiary/aromatic N) is 2. The Hall–Kier alpha value is -6.06. The lowest BCUT2D eigenvalue weighted by molar-refractivity contribution is -0.137. The van der Waals surface area contributed by atoms with Gasteiger partial charge in [-0.05, 0) is 77.2 Å². The normalized spacial score (nSPS) is 21.3. The number of anilines is 2. The number of benzene rings is 5. The molecule has 4 aliphatic rings. The van der Waals surface area contributed by atoms with Gasteiger partial charge in [-0.15, -0.1) is 0 Å². The molecule has 0 amide bonds. The molecule has 2 unspecified atom stereocenters. The molecule has 9 rings (SSSR count). The number of carbonyl (C=O) groups is 2. The standard InChI is InChI=1S/C49H48N2O7/c1-48(2)39-14-8-7-13-35(39)45-37-28-41(51-23-9-10-31(15-20-43(52)53)40(51)30-44(54)55)42(56-3)29-38(37)47-36(46(45)48)21-22-49(58-47,32-11-5-4-6-12-32)33-16-18-34(19-17-33)50-24-26-57-27-25-50/h4-8,11-14,16-19,21-22,28-31H,9-10,15,20,23-27H2,1-3H3,(H,52,53)(H,54,55)/b40-30-. The number of carboxylic acid groups (broad SMARTS) is 2. The van der Waals surface area contributed by atoms with E-state index in [9.17, 15) is 19.8 Å². The van der Waals surface area contributed by atoms with Crippen molar-refractivity contribution in [2.24, 2.45) is 5.92 Å². The molecular formula is C49H48N2O7. The molecule has 0 aromatic heterocycles. The van der Waals surface area contributed by atoms with Gasteiger partial charge in [-0.2, -0.15) is 0 Å². The molecular weight excluding hydrogens is 729 g/mol. The van der Waals surface area contributed by atoms with Crippen molar-refractivity contribution in [1.82, 2.24) is 0 Å². The van der Waals surface area contributed by atoms with E-state index in [2.05, 4.69) is 97.6 Å². The van der Waals surface area contributed by atoms with Gasteiger partial charge in [0.15, 0.2) is 5.60 Å². The Morgan fingerprint density at radius 1 is 0.897 bits per heavy atom. The highest BCUT2D eigenvalue weighted by molar-refractivity contribution is 6.10. The number of hydrogen-bond donors (Lipinski definition) is 2. The van der Waals surface area contributed by atoms with E-state index in [0.29, 0.717) is 44.0 Å². The van der Waals surface area contributed by atoms with Crippen LogP contribution in [0.4, 0.5) is 11.4 Å². The summed E-state index contributed by atoms with van der Waals surface area (Å²) >= 11 is 0. The van der Waals surface area contributed by atoms with Gasteiger partial charge in [0.2, 0.25) is 0 Å². The van der Waals surface area contributed by atoms with Crippen molar-refractivity contribution in [1.29, 1.82) is 0 Å². The molecule has 5 aromatic rings. The summed E-state index contributed by atoms with van der Waals surface area (Å²) in [5.41, 5.74) is 8.85. The first-order valence-corrected chi connectivity index (χ1v) is 20.2. The number of hydrogen-bond acceptors (Lipinski definition) is 7. The van der Waals surface area contributed by atoms with Gasteiger partial charge >= 0.3 is 11.9 Å². The van der Waals surface area contributed by atoms with Crippen LogP contribution in [-0.2, 0) is 25.3 Å². The molecule has 296 valence electrons. The summed E-state index contributed by atoms with van der Waals surface area (Å²) in [5.74, 6) is -0.866. The van der Waals surface area contributed by atoms with Crippen molar-refractivity contribution in [2.75, 3.05) is 49.8 Å². The molecule has 3 heterocycles. The van der Waals surface area contributed by atoms with Crippen LogP contribution in [0.25, 0.3) is 28.0 Å². The van der Waals surface area contributed by atoms with Gasteiger partial charge in [0.05, 0.1) is 26.0 Å². The maximum atomic E-state index is 12.3. The van der Waals surface area contributed by atoms with E-state index >= 15 is 0 Å². The smallest absolute Gasteiger partial charge is 0.330 e. The van der Waals surface area contributed by atoms with E-state index < -0.39 is 17.5 Å². The first-order valence-electron chi connectivity index (χ1n) is 20.2. The lowest BCUT2D eigenvalue weighted by atomic mass is 9.76. The maximum absolute atomic E-state index is 12.3. The van der Waals surface area contributed by atoms with Gasteiger partial charge < -0.3 is 34.2 Å². The maximum Gasteiger partial charge on any atom is 0.330 e. The number of aliphatic carboxylic acids is 2. The minimum absolute atomic E-state index is 0.0419. The van der Waals surface area contributed by atoms with Crippen LogP contribution >= 0.6 is 0 Å². The SMILES string of the molecule is COc1cc2c3c(c4c(c2cc1N1CCCC(CCC(=O)O)/C1=C/C(=O)O)-c1ccccc1C4(C)C)C=CC(c1ccccc1)(c1ccc(N2CCOCC2)cc1)O3. The molecule has 0 radical (unpaired) electrons. The van der Waals surface area contributed by atoms with Crippen LogP contribution in [0, 0.1) is 5.92 Å². The molecule has 9 nitrogen and oxygen atoms in total. The summed E-state index contributed by atoms with van der Waals surface area (Å²) in [5, 5.41) is 21.5. The highest BCUT2D eigenvalue weighted by Gasteiger charge is 2.45. The second kappa shape index (κ2) is 14.7. The predicted molar refractivity (Wildman–Crippen MR) is 227 cm³/mol. The van der Waals surface area contributed by atoms with Gasteiger partial charge in [0.1, 0.15) is 11.5 Å². The fourth-order valence-corrected chi connectivity index (χ4v) is 9.91. The first kappa shape index (κ1) is 37.5. The van der Waals surface area contributed by atoms with Crippen LogP contribution in [0.3, 0.4) is 0 Å². The molecule has 2 atom stereocenters. The quantitative estimate of drug-likeness (QED) is 0.142. The van der Waals surface area contributed by atoms with Crippen LogP contribution in [-0.4, -0.2) is 62.1 Å². The van der Waals surface area contributed by atoms with Crippen LogP contribution in [0.5, 0.6) is 11.5 Å². The van der Waals surface area contributed by atoms with Gasteiger partial charge in [0, 0.05) is 76.9 Å². The minimum atomic E-state index is -1.07. The largest absolute Gasteiger partial charge is 0.495 e. The average molecular weight is 777 g/mol. The molecule has 0 spiro atoms. The van der Waals surface area contributed by atoms with Crippen molar-refractivity contribution in [3.05, 3.63) is 137 Å². The summed E-state index contributed by atoms with van der Waals surface area (Å²) in [6.07, 6.45) is 7.49. The third kappa shape index (κ3) is 6.20. The van der Waals surface area contributed by atoms with Gasteiger partial charge in [-0.25, -0.2) is 4.79 Å². The Labute approximate surface area is 338 Å². The number of ether oxygens (including phenoxy) is 3. The third-order valence-electron chi connectivity index (χ3n) is 12.6. The Morgan fingerprint density at radius 2 is 1.62 bits per heavy atom. The van der Waals surface area contributed by atoms with Crippen LogP contribution < -0.4 is 19.3 Å². The zero-order chi connectivity index (χ0) is 40.2. The topological polar surface area (TPSA) is 109 Å². The van der Waals surface area contributed by atoms with Crippen molar-refractivity contribution >= 4 is 40.2 Å². The summed E-state index contributed by atoms with van der Waals surface area (Å²) in [4.78, 5) is 28.4. The summed E-state index contributed by atoms with van der Waals surface area (Å²) < 4.78 is 19.4. The van der Waals surface area contributed by atoms with Crippen LogP contribution in [0.2, 0.25) is 0 Å². The van der Waals surface area contributed by atoms with Crippen molar-refractivity contribution in [2.45, 2.75) is 50.5 Å². The summed E-state index contributed by atoms with van der Waals surface area (Å²) in [6.45, 7) is 8.23. The Morgan fingerprint density at radius 3 is 2.34 bits per heavy atom. The number of fused-ring (bicyclic) bond motifs is 8. The highest BCUT2D eigenvalue weighted by Crippen LogP contribution is 2.59. The van der Waals surface area contributed by atoms with Gasteiger partial charge in [-0.1, -0.05) is 86.7 Å². The van der Waals surface area contributed by atoms with Crippen molar-refractivity contribution < 1.29 is 34.0 Å². The van der Waals surface area contributed by atoms with Gasteiger partial charge in [0.25, 0.3) is 0 Å². The zero-order valence-electron chi connectivity index (χ0n) is 33.2. The third-order valence-corrected chi connectivity index (χ3v) is 12.6. The molecule has 0 saturated carbocycles. The Kier molecular flexibility index (Phi) is 9.51. The zero-order valence-corrected chi connectivity index (χ0v) is 33.2. The fraction of sp³-hybridized carbons (Fsp3) is 0.306. The second-order valence-corrected chi connectivity index (χ2v) is 16.2. The van der Waals surface area contributed by atoms with Crippen LogP contribution in [0.15, 0.2) is 109 Å². The molecule has 5 aromatic carbocycles. The molecule has 58 heavy (non-hydrogen) atoms. The van der Waals surface area contributed by atoms with Crippen molar-refractivity contribution in [3.63, 3.8) is 0 Å². The monoisotopic (exact) mass is 776 g/mol.